The van der Waals surface area contributed by atoms with Gasteiger partial charge in [-0.05, 0) is 50.4 Å². The van der Waals surface area contributed by atoms with Crippen molar-refractivity contribution in [3.05, 3.63) is 29.6 Å². The number of halogens is 1. The first kappa shape index (κ1) is 13.3. The van der Waals surface area contributed by atoms with Crippen LogP contribution < -0.4 is 10.1 Å². The van der Waals surface area contributed by atoms with E-state index in [1.807, 2.05) is 7.05 Å². The Bertz CT molecular complexity index is 394. The summed E-state index contributed by atoms with van der Waals surface area (Å²) in [5.74, 6) is 1.21. The zero-order chi connectivity index (χ0) is 13.0. The Hall–Kier alpha value is -1.09. The Labute approximate surface area is 109 Å². The van der Waals surface area contributed by atoms with Gasteiger partial charge in [0.05, 0.1) is 0 Å². The second-order valence-electron chi connectivity index (χ2n) is 5.20. The van der Waals surface area contributed by atoms with Crippen LogP contribution in [-0.2, 0) is 6.54 Å². The summed E-state index contributed by atoms with van der Waals surface area (Å²) in [6, 6.07) is 4.78. The van der Waals surface area contributed by atoms with E-state index in [1.54, 1.807) is 12.1 Å². The number of rotatable bonds is 4. The van der Waals surface area contributed by atoms with Crippen molar-refractivity contribution in [1.29, 1.82) is 0 Å². The highest BCUT2D eigenvalue weighted by Gasteiger charge is 2.23. The average molecular weight is 251 g/mol. The lowest BCUT2D eigenvalue weighted by atomic mass is 9.88. The van der Waals surface area contributed by atoms with E-state index in [0.717, 1.165) is 17.7 Å². The molecule has 1 aromatic rings. The van der Waals surface area contributed by atoms with Crippen molar-refractivity contribution >= 4 is 0 Å². The highest BCUT2D eigenvalue weighted by molar-refractivity contribution is 5.34. The van der Waals surface area contributed by atoms with Gasteiger partial charge in [-0.25, -0.2) is 4.39 Å². The second kappa shape index (κ2) is 6.19. The van der Waals surface area contributed by atoms with Gasteiger partial charge in [0.25, 0.3) is 0 Å². The average Bonchev–Trinajstić information content (AvgIpc) is 2.35. The fourth-order valence-corrected chi connectivity index (χ4v) is 2.61. The molecule has 2 rings (SSSR count). The Kier molecular flexibility index (Phi) is 4.59. The molecule has 1 saturated carbocycles. The van der Waals surface area contributed by atoms with Crippen LogP contribution in [0.3, 0.4) is 0 Å². The monoisotopic (exact) mass is 251 g/mol. The van der Waals surface area contributed by atoms with Crippen molar-refractivity contribution in [3.8, 4) is 5.75 Å². The number of nitrogens with one attached hydrogen (secondary N) is 1. The summed E-state index contributed by atoms with van der Waals surface area (Å²) in [5, 5.41) is 3.05. The first-order chi connectivity index (χ1) is 8.70. The molecule has 1 N–H and O–H groups in total. The molecule has 18 heavy (non-hydrogen) atoms. The van der Waals surface area contributed by atoms with Crippen LogP contribution in [0.5, 0.6) is 5.75 Å². The molecule has 0 aromatic heterocycles. The van der Waals surface area contributed by atoms with Gasteiger partial charge in [-0.2, -0.15) is 0 Å². The van der Waals surface area contributed by atoms with Crippen LogP contribution in [0.1, 0.15) is 38.2 Å². The number of benzene rings is 1. The minimum absolute atomic E-state index is 0.204. The normalized spacial score (nSPS) is 23.9. The van der Waals surface area contributed by atoms with E-state index < -0.39 is 0 Å². The van der Waals surface area contributed by atoms with E-state index in [9.17, 15) is 4.39 Å². The molecular weight excluding hydrogens is 229 g/mol. The van der Waals surface area contributed by atoms with Crippen molar-refractivity contribution in [1.82, 2.24) is 5.32 Å². The minimum atomic E-state index is -0.204. The van der Waals surface area contributed by atoms with Gasteiger partial charge in [0.1, 0.15) is 17.7 Å². The summed E-state index contributed by atoms with van der Waals surface area (Å²) in [7, 11) is 1.86. The van der Waals surface area contributed by atoms with Crippen LogP contribution >= 0.6 is 0 Å². The molecule has 0 aliphatic heterocycles. The fourth-order valence-electron chi connectivity index (χ4n) is 2.61. The van der Waals surface area contributed by atoms with Crippen LogP contribution in [-0.4, -0.2) is 13.2 Å². The largest absolute Gasteiger partial charge is 0.490 e. The van der Waals surface area contributed by atoms with Crippen molar-refractivity contribution in [3.63, 3.8) is 0 Å². The fraction of sp³-hybridized carbons (Fsp3) is 0.600. The summed E-state index contributed by atoms with van der Waals surface area (Å²) in [6.07, 6.45) is 5.15. The molecule has 0 radical (unpaired) electrons. The molecular formula is C15H22FNO. The van der Waals surface area contributed by atoms with Gasteiger partial charge >= 0.3 is 0 Å². The van der Waals surface area contributed by atoms with E-state index in [-0.39, 0.29) is 11.9 Å². The van der Waals surface area contributed by atoms with Crippen molar-refractivity contribution in [2.24, 2.45) is 5.92 Å². The minimum Gasteiger partial charge on any atom is -0.490 e. The van der Waals surface area contributed by atoms with Gasteiger partial charge < -0.3 is 10.1 Å². The summed E-state index contributed by atoms with van der Waals surface area (Å²) in [4.78, 5) is 0. The Morgan fingerprint density at radius 2 is 2.11 bits per heavy atom. The molecule has 0 spiro atoms. The Balaban J connectivity index is 2.11. The molecule has 1 aliphatic rings. The summed E-state index contributed by atoms with van der Waals surface area (Å²) in [6.45, 7) is 2.87. The topological polar surface area (TPSA) is 21.3 Å². The maximum Gasteiger partial charge on any atom is 0.124 e. The third-order valence-corrected chi connectivity index (χ3v) is 3.70. The Morgan fingerprint density at radius 1 is 1.33 bits per heavy atom. The predicted octanol–water partition coefficient (Wildman–Crippen LogP) is 3.50. The molecule has 3 heteroatoms. The quantitative estimate of drug-likeness (QED) is 0.884. The molecule has 1 aliphatic carbocycles. The molecule has 0 saturated heterocycles. The van der Waals surface area contributed by atoms with Gasteiger partial charge in [-0.1, -0.05) is 13.3 Å². The van der Waals surface area contributed by atoms with Crippen LogP contribution in [0.25, 0.3) is 0 Å². The van der Waals surface area contributed by atoms with E-state index >= 15 is 0 Å². The molecule has 100 valence electrons. The highest BCUT2D eigenvalue weighted by atomic mass is 19.1. The van der Waals surface area contributed by atoms with Gasteiger partial charge in [0.15, 0.2) is 0 Å². The lowest BCUT2D eigenvalue weighted by Gasteiger charge is -2.30. The second-order valence-corrected chi connectivity index (χ2v) is 5.20. The van der Waals surface area contributed by atoms with Crippen molar-refractivity contribution in [2.45, 2.75) is 45.3 Å². The number of hydrogen-bond donors (Lipinski definition) is 1. The molecule has 0 heterocycles. The molecule has 0 bridgehead atoms. The summed E-state index contributed by atoms with van der Waals surface area (Å²) < 4.78 is 19.3. The standard InChI is InChI=1S/C15H22FNO/c1-11-5-3-4-6-14(11)18-15-8-7-13(16)9-12(15)10-17-2/h7-9,11,14,17H,3-6,10H2,1-2H3. The molecule has 0 amide bonds. The first-order valence-corrected chi connectivity index (χ1v) is 6.80. The maximum absolute atomic E-state index is 13.2. The van der Waals surface area contributed by atoms with Gasteiger partial charge in [-0.15, -0.1) is 0 Å². The molecule has 2 atom stereocenters. The van der Waals surface area contributed by atoms with E-state index in [2.05, 4.69) is 12.2 Å². The van der Waals surface area contributed by atoms with E-state index in [1.165, 1.54) is 25.3 Å². The van der Waals surface area contributed by atoms with Gasteiger partial charge in [-0.3, -0.25) is 0 Å². The summed E-state index contributed by atoms with van der Waals surface area (Å²) in [5.41, 5.74) is 0.898. The van der Waals surface area contributed by atoms with E-state index in [4.69, 9.17) is 4.74 Å². The number of ether oxygens (including phenoxy) is 1. The van der Waals surface area contributed by atoms with Crippen molar-refractivity contribution < 1.29 is 9.13 Å². The van der Waals surface area contributed by atoms with Crippen LogP contribution in [0, 0.1) is 11.7 Å². The predicted molar refractivity (Wildman–Crippen MR) is 71.2 cm³/mol. The molecule has 2 nitrogen and oxygen atoms in total. The molecule has 2 unspecified atom stereocenters. The van der Waals surface area contributed by atoms with Crippen LogP contribution in [0.4, 0.5) is 4.39 Å². The first-order valence-electron chi connectivity index (χ1n) is 6.80. The smallest absolute Gasteiger partial charge is 0.124 e. The zero-order valence-corrected chi connectivity index (χ0v) is 11.2. The van der Waals surface area contributed by atoms with Gasteiger partial charge in [0, 0.05) is 12.1 Å². The van der Waals surface area contributed by atoms with E-state index in [0.29, 0.717) is 12.5 Å². The SMILES string of the molecule is CNCc1cc(F)ccc1OC1CCCCC1C. The number of hydrogen-bond acceptors (Lipinski definition) is 2. The third-order valence-electron chi connectivity index (χ3n) is 3.70. The van der Waals surface area contributed by atoms with Crippen LogP contribution in [0.2, 0.25) is 0 Å². The highest BCUT2D eigenvalue weighted by Crippen LogP contribution is 2.30. The summed E-state index contributed by atoms with van der Waals surface area (Å²) >= 11 is 0. The van der Waals surface area contributed by atoms with Gasteiger partial charge in [0.2, 0.25) is 0 Å². The van der Waals surface area contributed by atoms with Crippen molar-refractivity contribution in [2.75, 3.05) is 7.05 Å². The maximum atomic E-state index is 13.2. The molecule has 1 aromatic carbocycles. The third kappa shape index (κ3) is 3.22. The molecule has 1 fully saturated rings. The zero-order valence-electron chi connectivity index (χ0n) is 11.2. The Morgan fingerprint density at radius 3 is 2.83 bits per heavy atom. The van der Waals surface area contributed by atoms with Crippen LogP contribution in [0.15, 0.2) is 18.2 Å². The lowest BCUT2D eigenvalue weighted by Crippen LogP contribution is -2.28. The lowest BCUT2D eigenvalue weighted by molar-refractivity contribution is 0.101.